The molecule has 1 aromatic heterocycles. The summed E-state index contributed by atoms with van der Waals surface area (Å²) in [5.74, 6) is 0.662. The van der Waals surface area contributed by atoms with Crippen LogP contribution in [0, 0.1) is 5.92 Å². The highest BCUT2D eigenvalue weighted by Crippen LogP contribution is 2.40. The summed E-state index contributed by atoms with van der Waals surface area (Å²) in [5.41, 5.74) is 6.53. The van der Waals surface area contributed by atoms with Crippen LogP contribution < -0.4 is 0 Å². The maximum atomic E-state index is 4.57. The van der Waals surface area contributed by atoms with Gasteiger partial charge in [-0.05, 0) is 23.6 Å². The lowest BCUT2D eigenvalue weighted by atomic mass is 10.0. The monoisotopic (exact) mass is 323 g/mol. The van der Waals surface area contributed by atoms with Crippen molar-refractivity contribution in [1.29, 1.82) is 0 Å². The van der Waals surface area contributed by atoms with Crippen molar-refractivity contribution in [1.82, 2.24) is 9.97 Å². The Morgan fingerprint density at radius 3 is 2.16 bits per heavy atom. The summed E-state index contributed by atoms with van der Waals surface area (Å²) in [7, 11) is 0. The van der Waals surface area contributed by atoms with Crippen LogP contribution in [0.25, 0.3) is 28.1 Å². The summed E-state index contributed by atoms with van der Waals surface area (Å²) in [6, 6.07) is 21.3. The van der Waals surface area contributed by atoms with Crippen LogP contribution in [0.1, 0.15) is 12.0 Å². The van der Waals surface area contributed by atoms with Gasteiger partial charge in [0.25, 0.3) is 0 Å². The largest absolute Gasteiger partial charge is 0.289 e. The molecule has 2 aromatic carbocycles. The van der Waals surface area contributed by atoms with Crippen molar-refractivity contribution in [3.63, 3.8) is 0 Å². The lowest BCUT2D eigenvalue weighted by Gasteiger charge is -2.08. The predicted octanol–water partition coefficient (Wildman–Crippen LogP) is 4.67. The second-order valence-electron chi connectivity index (χ2n) is 6.60. The van der Waals surface area contributed by atoms with Gasteiger partial charge in [0.2, 0.25) is 0 Å². The van der Waals surface area contributed by atoms with Crippen molar-refractivity contribution in [2.75, 3.05) is 0 Å². The van der Waals surface area contributed by atoms with Crippen LogP contribution in [-0.2, 0) is 0 Å². The average Bonchev–Trinajstić information content (AvgIpc) is 3.48. The molecule has 3 nitrogen and oxygen atoms in total. The van der Waals surface area contributed by atoms with Crippen molar-refractivity contribution < 1.29 is 0 Å². The third-order valence-electron chi connectivity index (χ3n) is 4.85. The van der Waals surface area contributed by atoms with Crippen LogP contribution >= 0.6 is 0 Å². The van der Waals surface area contributed by atoms with Crippen LogP contribution in [0.5, 0.6) is 0 Å². The number of nitrogens with zero attached hydrogens (tertiary/aromatic N) is 3. The van der Waals surface area contributed by atoms with Crippen molar-refractivity contribution in [3.8, 4) is 22.5 Å². The number of fused-ring (bicyclic) bond motifs is 1. The van der Waals surface area contributed by atoms with Gasteiger partial charge in [-0.2, -0.15) is 0 Å². The van der Waals surface area contributed by atoms with E-state index in [0.29, 0.717) is 12.0 Å². The van der Waals surface area contributed by atoms with Crippen molar-refractivity contribution in [2.24, 2.45) is 10.9 Å². The molecule has 120 valence electrons. The van der Waals surface area contributed by atoms with Crippen LogP contribution in [0.3, 0.4) is 0 Å². The van der Waals surface area contributed by atoms with Gasteiger partial charge in [0.05, 0.1) is 17.4 Å². The topological polar surface area (TPSA) is 38.1 Å². The van der Waals surface area contributed by atoms with E-state index in [2.05, 4.69) is 57.4 Å². The molecule has 2 heterocycles. The number of dihydropyridines is 1. The summed E-state index contributed by atoms with van der Waals surface area (Å²) in [4.78, 5) is 13.4. The van der Waals surface area contributed by atoms with E-state index in [0.717, 1.165) is 22.5 Å². The SMILES string of the molecule is C1=NC2CC2C=C1c1ccc(-c2cc(-c3ccccc3)ncn2)cc1. The Morgan fingerprint density at radius 2 is 1.44 bits per heavy atom. The fraction of sp³-hybridized carbons (Fsp3) is 0.136. The van der Waals surface area contributed by atoms with Crippen molar-refractivity contribution >= 4 is 11.8 Å². The molecule has 0 spiro atoms. The van der Waals surface area contributed by atoms with E-state index in [9.17, 15) is 0 Å². The molecule has 0 saturated heterocycles. The quantitative estimate of drug-likeness (QED) is 0.702. The second kappa shape index (κ2) is 5.78. The van der Waals surface area contributed by atoms with Crippen LogP contribution in [0.2, 0.25) is 0 Å². The van der Waals surface area contributed by atoms with Crippen LogP contribution in [-0.4, -0.2) is 22.2 Å². The van der Waals surface area contributed by atoms with Gasteiger partial charge in [-0.3, -0.25) is 4.99 Å². The summed E-state index contributed by atoms with van der Waals surface area (Å²) in [6.45, 7) is 0. The molecule has 2 aliphatic rings. The number of aromatic nitrogens is 2. The highest BCUT2D eigenvalue weighted by atomic mass is 14.9. The van der Waals surface area contributed by atoms with E-state index >= 15 is 0 Å². The zero-order valence-corrected chi connectivity index (χ0v) is 13.7. The first-order valence-electron chi connectivity index (χ1n) is 8.60. The lowest BCUT2D eigenvalue weighted by Crippen LogP contribution is -1.96. The first-order chi connectivity index (χ1) is 12.4. The number of allylic oxidation sites excluding steroid dienone is 1. The van der Waals surface area contributed by atoms with E-state index in [1.165, 1.54) is 17.6 Å². The zero-order chi connectivity index (χ0) is 16.6. The van der Waals surface area contributed by atoms with Gasteiger partial charge in [0, 0.05) is 23.3 Å². The Hall–Kier alpha value is -3.07. The van der Waals surface area contributed by atoms with Crippen LogP contribution in [0.15, 0.2) is 78.1 Å². The minimum atomic E-state index is 0.556. The first kappa shape index (κ1) is 14.3. The molecular formula is C22H17N3. The van der Waals surface area contributed by atoms with Crippen molar-refractivity contribution in [2.45, 2.75) is 12.5 Å². The molecule has 2 atom stereocenters. The lowest BCUT2D eigenvalue weighted by molar-refractivity contribution is 0.974. The molecular weight excluding hydrogens is 306 g/mol. The molecule has 1 aliphatic heterocycles. The molecule has 2 unspecified atom stereocenters. The Bertz CT molecular complexity index is 972. The number of aliphatic imine (C=N–C) groups is 1. The van der Waals surface area contributed by atoms with Gasteiger partial charge in [0.1, 0.15) is 6.33 Å². The molecule has 0 radical (unpaired) electrons. The fourth-order valence-electron chi connectivity index (χ4n) is 3.29. The Kier molecular flexibility index (Phi) is 3.30. The number of hydrogen-bond acceptors (Lipinski definition) is 3. The van der Waals surface area contributed by atoms with Crippen molar-refractivity contribution in [3.05, 3.63) is 78.6 Å². The third kappa shape index (κ3) is 2.78. The summed E-state index contributed by atoms with van der Waals surface area (Å²) in [5, 5.41) is 0. The average molecular weight is 323 g/mol. The normalized spacial score (nSPS) is 20.7. The molecule has 25 heavy (non-hydrogen) atoms. The van der Waals surface area contributed by atoms with Gasteiger partial charge in [0.15, 0.2) is 0 Å². The van der Waals surface area contributed by atoms with Gasteiger partial charge < -0.3 is 0 Å². The Labute approximate surface area is 146 Å². The van der Waals surface area contributed by atoms with Gasteiger partial charge in [-0.25, -0.2) is 9.97 Å². The maximum Gasteiger partial charge on any atom is 0.116 e. The molecule has 5 rings (SSSR count). The van der Waals surface area contributed by atoms with E-state index in [-0.39, 0.29) is 0 Å². The summed E-state index contributed by atoms with van der Waals surface area (Å²) < 4.78 is 0. The minimum Gasteiger partial charge on any atom is -0.289 e. The highest BCUT2D eigenvalue weighted by Gasteiger charge is 2.36. The summed E-state index contributed by atoms with van der Waals surface area (Å²) >= 11 is 0. The third-order valence-corrected chi connectivity index (χ3v) is 4.85. The van der Waals surface area contributed by atoms with Crippen LogP contribution in [0.4, 0.5) is 0 Å². The molecule has 1 fully saturated rings. The van der Waals surface area contributed by atoms with E-state index in [4.69, 9.17) is 0 Å². The van der Waals surface area contributed by atoms with Gasteiger partial charge >= 0.3 is 0 Å². The van der Waals surface area contributed by atoms with Gasteiger partial charge in [-0.15, -0.1) is 0 Å². The number of benzene rings is 2. The standard InChI is InChI=1S/C22H17N3/c1-2-4-16(5-3-1)21-12-22(25-14-24-21)17-8-6-15(7-9-17)19-10-18-11-20(18)23-13-19/h1-10,12-14,18,20H,11H2. The minimum absolute atomic E-state index is 0.556. The predicted molar refractivity (Wildman–Crippen MR) is 101 cm³/mol. The van der Waals surface area contributed by atoms with E-state index in [1.807, 2.05) is 30.5 Å². The molecule has 1 saturated carbocycles. The molecule has 3 aromatic rings. The first-order valence-corrected chi connectivity index (χ1v) is 8.60. The second-order valence-corrected chi connectivity index (χ2v) is 6.60. The number of hydrogen-bond donors (Lipinski definition) is 0. The fourth-order valence-corrected chi connectivity index (χ4v) is 3.29. The van der Waals surface area contributed by atoms with E-state index < -0.39 is 0 Å². The smallest absolute Gasteiger partial charge is 0.116 e. The Balaban J connectivity index is 1.45. The molecule has 0 amide bonds. The van der Waals surface area contributed by atoms with E-state index in [1.54, 1.807) is 6.33 Å². The summed E-state index contributed by atoms with van der Waals surface area (Å²) in [6.07, 6.45) is 7.21. The zero-order valence-electron chi connectivity index (χ0n) is 13.7. The van der Waals surface area contributed by atoms with Gasteiger partial charge in [-0.1, -0.05) is 60.7 Å². The molecule has 0 bridgehead atoms. The maximum absolute atomic E-state index is 4.57. The number of rotatable bonds is 3. The highest BCUT2D eigenvalue weighted by molar-refractivity contribution is 6.11. The molecule has 0 N–H and O–H groups in total. The molecule has 1 aliphatic carbocycles. The molecule has 3 heteroatoms. The Morgan fingerprint density at radius 1 is 0.760 bits per heavy atom.